The van der Waals surface area contributed by atoms with E-state index >= 15 is 0 Å². The second-order valence-corrected chi connectivity index (χ2v) is 4.30. The van der Waals surface area contributed by atoms with Gasteiger partial charge in [0, 0.05) is 6.04 Å². The van der Waals surface area contributed by atoms with Crippen LogP contribution in [0.1, 0.15) is 36.1 Å². The van der Waals surface area contributed by atoms with Crippen LogP contribution >= 0.6 is 0 Å². The molecule has 0 aromatic heterocycles. The summed E-state index contributed by atoms with van der Waals surface area (Å²) in [5, 5.41) is 0. The molecule has 0 radical (unpaired) electrons. The van der Waals surface area contributed by atoms with Crippen molar-refractivity contribution in [2.45, 2.75) is 33.2 Å². The van der Waals surface area contributed by atoms with E-state index in [1.54, 1.807) is 0 Å². The molecule has 0 aliphatic rings. The summed E-state index contributed by atoms with van der Waals surface area (Å²) in [6.45, 7) is 10.1. The Labute approximate surface area is 92.2 Å². The number of hydrogen-bond donors (Lipinski definition) is 2. The van der Waals surface area contributed by atoms with Crippen LogP contribution in [0.25, 0.3) is 0 Å². The smallest absolute Gasteiger partial charge is 0.0497 e. The van der Waals surface area contributed by atoms with Crippen molar-refractivity contribution in [1.29, 1.82) is 0 Å². The summed E-state index contributed by atoms with van der Waals surface area (Å²) in [4.78, 5) is 0. The fraction of sp³-hybridized carbons (Fsp3) is 0.385. The zero-order valence-corrected chi connectivity index (χ0v) is 9.80. The predicted octanol–water partition coefficient (Wildman–Crippen LogP) is 2.77. The zero-order valence-electron chi connectivity index (χ0n) is 9.80. The minimum atomic E-state index is 0.168. The van der Waals surface area contributed by atoms with E-state index < -0.39 is 0 Å². The minimum Gasteiger partial charge on any atom is -0.271 e. The number of aryl methyl sites for hydroxylation is 2. The van der Waals surface area contributed by atoms with Gasteiger partial charge >= 0.3 is 0 Å². The fourth-order valence-corrected chi connectivity index (χ4v) is 1.83. The number of nitrogens with one attached hydrogen (secondary N) is 1. The van der Waals surface area contributed by atoms with E-state index in [0.717, 1.165) is 12.0 Å². The molecule has 3 N–H and O–H groups in total. The second-order valence-electron chi connectivity index (χ2n) is 4.30. The van der Waals surface area contributed by atoms with Gasteiger partial charge in [-0.25, -0.2) is 0 Å². The van der Waals surface area contributed by atoms with E-state index in [1.165, 1.54) is 16.7 Å². The molecule has 0 spiro atoms. The maximum absolute atomic E-state index is 5.56. The molecule has 1 aromatic rings. The minimum absolute atomic E-state index is 0.168. The summed E-state index contributed by atoms with van der Waals surface area (Å²) in [6.07, 6.45) is 0.874. The molecule has 2 nitrogen and oxygen atoms in total. The van der Waals surface area contributed by atoms with E-state index in [9.17, 15) is 0 Å². The van der Waals surface area contributed by atoms with Crippen LogP contribution in [0.2, 0.25) is 0 Å². The van der Waals surface area contributed by atoms with Crippen LogP contribution in [0.4, 0.5) is 0 Å². The summed E-state index contributed by atoms with van der Waals surface area (Å²) in [6, 6.07) is 6.67. The van der Waals surface area contributed by atoms with Crippen molar-refractivity contribution < 1.29 is 0 Å². The third kappa shape index (κ3) is 3.50. The molecule has 0 fully saturated rings. The van der Waals surface area contributed by atoms with Gasteiger partial charge in [-0.15, -0.1) is 6.58 Å². The largest absolute Gasteiger partial charge is 0.271 e. The molecule has 0 aliphatic heterocycles. The molecule has 0 aliphatic carbocycles. The van der Waals surface area contributed by atoms with Crippen molar-refractivity contribution in [3.8, 4) is 0 Å². The van der Waals surface area contributed by atoms with Crippen LogP contribution in [0.5, 0.6) is 0 Å². The SMILES string of the molecule is C=C(C)CC(NN)c1cc(C)cc(C)c1. The summed E-state index contributed by atoms with van der Waals surface area (Å²) < 4.78 is 0. The van der Waals surface area contributed by atoms with Gasteiger partial charge in [0.15, 0.2) is 0 Å². The highest BCUT2D eigenvalue weighted by molar-refractivity contribution is 5.31. The average Bonchev–Trinajstić information content (AvgIpc) is 2.12. The van der Waals surface area contributed by atoms with Crippen LogP contribution in [0.3, 0.4) is 0 Å². The van der Waals surface area contributed by atoms with Gasteiger partial charge < -0.3 is 0 Å². The van der Waals surface area contributed by atoms with Gasteiger partial charge in [0.25, 0.3) is 0 Å². The standard InChI is InChI=1S/C13H20N2/c1-9(2)5-13(15-14)12-7-10(3)6-11(4)8-12/h6-8,13,15H,1,5,14H2,2-4H3. The molecule has 1 rings (SSSR count). The normalized spacial score (nSPS) is 12.5. The fourth-order valence-electron chi connectivity index (χ4n) is 1.83. The Bertz CT molecular complexity index is 335. The molecule has 0 heterocycles. The molecule has 1 unspecified atom stereocenters. The van der Waals surface area contributed by atoms with Gasteiger partial charge in [0.2, 0.25) is 0 Å². The topological polar surface area (TPSA) is 38.0 Å². The molecule has 0 amide bonds. The Morgan fingerprint density at radius 3 is 2.27 bits per heavy atom. The Kier molecular flexibility index (Phi) is 4.06. The van der Waals surface area contributed by atoms with Crippen LogP contribution in [0, 0.1) is 13.8 Å². The van der Waals surface area contributed by atoms with Crippen molar-refractivity contribution >= 4 is 0 Å². The predicted molar refractivity (Wildman–Crippen MR) is 65.4 cm³/mol. The quantitative estimate of drug-likeness (QED) is 0.449. The molecule has 82 valence electrons. The summed E-state index contributed by atoms with van der Waals surface area (Å²) in [5.74, 6) is 5.56. The molecule has 0 saturated carbocycles. The lowest BCUT2D eigenvalue weighted by molar-refractivity contribution is 0.550. The summed E-state index contributed by atoms with van der Waals surface area (Å²) in [5.41, 5.74) is 7.75. The van der Waals surface area contributed by atoms with Crippen LogP contribution < -0.4 is 11.3 Å². The maximum atomic E-state index is 5.56. The number of nitrogens with two attached hydrogens (primary N) is 1. The van der Waals surface area contributed by atoms with Crippen LogP contribution in [-0.4, -0.2) is 0 Å². The first-order chi connectivity index (χ1) is 7.02. The number of rotatable bonds is 4. The van der Waals surface area contributed by atoms with Crippen molar-refractivity contribution in [2.24, 2.45) is 5.84 Å². The van der Waals surface area contributed by atoms with E-state index in [4.69, 9.17) is 5.84 Å². The average molecular weight is 204 g/mol. The third-order valence-electron chi connectivity index (χ3n) is 2.40. The highest BCUT2D eigenvalue weighted by Crippen LogP contribution is 2.21. The molecular formula is C13H20N2. The van der Waals surface area contributed by atoms with Crippen LogP contribution in [-0.2, 0) is 0 Å². The molecule has 15 heavy (non-hydrogen) atoms. The van der Waals surface area contributed by atoms with Gasteiger partial charge in [-0.2, -0.15) is 0 Å². The second kappa shape index (κ2) is 5.10. The van der Waals surface area contributed by atoms with Crippen molar-refractivity contribution in [3.63, 3.8) is 0 Å². The zero-order chi connectivity index (χ0) is 11.4. The highest BCUT2D eigenvalue weighted by atomic mass is 15.2. The first-order valence-electron chi connectivity index (χ1n) is 5.21. The van der Waals surface area contributed by atoms with E-state index in [2.05, 4.69) is 44.1 Å². The highest BCUT2D eigenvalue weighted by Gasteiger charge is 2.10. The van der Waals surface area contributed by atoms with Gasteiger partial charge in [-0.3, -0.25) is 11.3 Å². The lowest BCUT2D eigenvalue weighted by Crippen LogP contribution is -2.28. The van der Waals surface area contributed by atoms with E-state index in [1.807, 2.05) is 6.92 Å². The van der Waals surface area contributed by atoms with E-state index in [0.29, 0.717) is 0 Å². The van der Waals surface area contributed by atoms with Gasteiger partial charge in [-0.1, -0.05) is 34.9 Å². The van der Waals surface area contributed by atoms with Gasteiger partial charge in [0.05, 0.1) is 0 Å². The summed E-state index contributed by atoms with van der Waals surface area (Å²) in [7, 11) is 0. The third-order valence-corrected chi connectivity index (χ3v) is 2.40. The molecule has 2 heteroatoms. The molecular weight excluding hydrogens is 184 g/mol. The van der Waals surface area contributed by atoms with Crippen molar-refractivity contribution in [1.82, 2.24) is 5.43 Å². The molecule has 1 aromatic carbocycles. The molecule has 0 bridgehead atoms. The van der Waals surface area contributed by atoms with E-state index in [-0.39, 0.29) is 6.04 Å². The lowest BCUT2D eigenvalue weighted by Gasteiger charge is -2.17. The number of hydrogen-bond acceptors (Lipinski definition) is 2. The monoisotopic (exact) mass is 204 g/mol. The maximum Gasteiger partial charge on any atom is 0.0497 e. The Balaban J connectivity index is 2.95. The number of benzene rings is 1. The first kappa shape index (κ1) is 12.0. The first-order valence-corrected chi connectivity index (χ1v) is 5.21. The molecule has 1 atom stereocenters. The summed E-state index contributed by atoms with van der Waals surface area (Å²) >= 11 is 0. The lowest BCUT2D eigenvalue weighted by atomic mass is 9.97. The Morgan fingerprint density at radius 2 is 1.87 bits per heavy atom. The van der Waals surface area contributed by atoms with Crippen LogP contribution in [0.15, 0.2) is 30.4 Å². The Hall–Kier alpha value is -1.12. The van der Waals surface area contributed by atoms with Crippen molar-refractivity contribution in [3.05, 3.63) is 47.0 Å². The van der Waals surface area contributed by atoms with Crippen molar-refractivity contribution in [2.75, 3.05) is 0 Å². The number of hydrazine groups is 1. The van der Waals surface area contributed by atoms with Gasteiger partial charge in [0.1, 0.15) is 0 Å². The molecule has 0 saturated heterocycles. The van der Waals surface area contributed by atoms with Gasteiger partial charge in [-0.05, 0) is 32.8 Å². The Morgan fingerprint density at radius 1 is 1.33 bits per heavy atom.